The normalized spacial score (nSPS) is 12.6. The molecule has 0 bridgehead atoms. The minimum Gasteiger partial charge on any atom is -0.449 e. The van der Waals surface area contributed by atoms with E-state index in [0.29, 0.717) is 22.3 Å². The fourth-order valence-corrected chi connectivity index (χ4v) is 9.91. The molecule has 0 spiro atoms. The van der Waals surface area contributed by atoms with Crippen LogP contribution in [0.5, 0.6) is 5.75 Å². The summed E-state index contributed by atoms with van der Waals surface area (Å²) in [6, 6.07) is 51.3. The monoisotopic (exact) mass is 1210 g/mol. The number of anilines is 1. The van der Waals surface area contributed by atoms with Crippen molar-refractivity contribution in [1.29, 1.82) is 0 Å². The molecule has 462 valence electrons. The average Bonchev–Trinajstić information content (AvgIpc) is 2.27. The Hall–Kier alpha value is -10.3. The first-order valence-corrected chi connectivity index (χ1v) is 28.9. The summed E-state index contributed by atoms with van der Waals surface area (Å²) < 4.78 is 32.5. The number of non-ortho nitro benzene ring substituents is 1. The van der Waals surface area contributed by atoms with E-state index in [4.69, 9.17) is 28.4 Å². The van der Waals surface area contributed by atoms with E-state index in [1.54, 1.807) is 12.1 Å². The Morgan fingerprint density at radius 3 is 1.61 bits per heavy atom. The number of rotatable bonds is 31. The fraction of sp³-hybridized carbons (Fsp3) is 0.269. The van der Waals surface area contributed by atoms with E-state index < -0.39 is 76.8 Å². The number of alkyl carbamates (subject to hydrolysis) is 1. The Morgan fingerprint density at radius 2 is 1.04 bits per heavy atom. The number of nitrogens with zero attached hydrogens (tertiary/aromatic N) is 1. The minimum atomic E-state index is -1.52. The number of amides is 6. The van der Waals surface area contributed by atoms with Gasteiger partial charge in [-0.15, -0.1) is 0 Å². The standard InChI is InChI=1S/C67H69N7O15/c1-45(69-60(75)34-36-84-38-40-86-41-39-85-37-35-68-65(80)87-44-58-56-24-14-12-22-54(56)55-23-13-15-25-57(55)58)62(77)70-46(2)63(78)72-59(64(79)71-51-28-26-47(27-29-51)43-88-66(81)89-53-32-30-52(31-33-53)74(82)83)42-61(76)73-67(48-16-6-3-7-17-48,49-18-8-4-9-19-49)50-20-10-5-11-21-50/h3-33,45-46,58-59H,34-44H2,1-2H3,(H,68,80)(H,69,75)(H,70,77)(H,71,79)(H,72,78)(H,73,76). The first-order chi connectivity index (χ1) is 43.2. The number of nitro groups is 1. The zero-order chi connectivity index (χ0) is 63.0. The number of hydrogen-bond acceptors (Lipinski definition) is 15. The first-order valence-electron chi connectivity index (χ1n) is 28.9. The zero-order valence-corrected chi connectivity index (χ0v) is 49.1. The van der Waals surface area contributed by atoms with E-state index in [2.05, 4.69) is 56.2 Å². The molecular formula is C67H69N7O15. The van der Waals surface area contributed by atoms with Crippen molar-refractivity contribution in [3.8, 4) is 16.9 Å². The number of carbonyl (C=O) groups excluding carboxylic acids is 7. The lowest BCUT2D eigenvalue weighted by Gasteiger charge is -2.37. The van der Waals surface area contributed by atoms with Crippen LogP contribution in [0.25, 0.3) is 11.1 Å². The molecule has 6 N–H and O–H groups in total. The van der Waals surface area contributed by atoms with Crippen molar-refractivity contribution in [3.63, 3.8) is 0 Å². The highest BCUT2D eigenvalue weighted by Gasteiger charge is 2.39. The number of fused-ring (bicyclic) bond motifs is 3. The third-order valence-electron chi connectivity index (χ3n) is 14.4. The van der Waals surface area contributed by atoms with Gasteiger partial charge < -0.3 is 60.3 Å². The molecule has 7 aromatic carbocycles. The van der Waals surface area contributed by atoms with Gasteiger partial charge in [0.1, 0.15) is 42.6 Å². The van der Waals surface area contributed by atoms with Gasteiger partial charge in [0.2, 0.25) is 29.5 Å². The maximum atomic E-state index is 14.6. The lowest BCUT2D eigenvalue weighted by atomic mass is 9.77. The number of benzene rings is 7. The highest BCUT2D eigenvalue weighted by Crippen LogP contribution is 2.44. The molecule has 1 aliphatic carbocycles. The second-order valence-corrected chi connectivity index (χ2v) is 20.6. The lowest BCUT2D eigenvalue weighted by Crippen LogP contribution is -2.56. The van der Waals surface area contributed by atoms with Gasteiger partial charge in [-0.25, -0.2) is 9.59 Å². The Labute approximate surface area is 514 Å². The Kier molecular flexibility index (Phi) is 23.6. The van der Waals surface area contributed by atoms with Crippen molar-refractivity contribution < 1.29 is 66.9 Å². The van der Waals surface area contributed by atoms with Crippen LogP contribution in [-0.2, 0) is 59.8 Å². The van der Waals surface area contributed by atoms with Crippen LogP contribution in [-0.4, -0.2) is 118 Å². The molecule has 6 amide bonds. The molecule has 8 rings (SSSR count). The van der Waals surface area contributed by atoms with E-state index >= 15 is 0 Å². The first kappa shape index (κ1) is 64.7. The van der Waals surface area contributed by atoms with Gasteiger partial charge in [0.05, 0.1) is 51.0 Å². The Morgan fingerprint density at radius 1 is 0.539 bits per heavy atom. The summed E-state index contributed by atoms with van der Waals surface area (Å²) in [7, 11) is 0. The van der Waals surface area contributed by atoms with Gasteiger partial charge in [-0.05, 0) is 82.6 Å². The van der Waals surface area contributed by atoms with Crippen molar-refractivity contribution >= 4 is 53.2 Å². The lowest BCUT2D eigenvalue weighted by molar-refractivity contribution is -0.384. The summed E-state index contributed by atoms with van der Waals surface area (Å²) in [4.78, 5) is 104. The molecule has 0 aromatic heterocycles. The molecular weight excluding hydrogens is 1140 g/mol. The van der Waals surface area contributed by atoms with Crippen molar-refractivity contribution in [3.05, 3.63) is 232 Å². The minimum absolute atomic E-state index is 0.0311. The number of nitrogens with one attached hydrogen (secondary N) is 6. The van der Waals surface area contributed by atoms with E-state index in [0.717, 1.165) is 22.3 Å². The van der Waals surface area contributed by atoms with E-state index in [1.165, 1.54) is 50.2 Å². The predicted molar refractivity (Wildman–Crippen MR) is 328 cm³/mol. The summed E-state index contributed by atoms with van der Waals surface area (Å²) in [5, 5.41) is 27.4. The molecule has 0 heterocycles. The summed E-state index contributed by atoms with van der Waals surface area (Å²) in [5.74, 6) is -3.42. The predicted octanol–water partition coefficient (Wildman–Crippen LogP) is 8.22. The summed E-state index contributed by atoms with van der Waals surface area (Å²) in [6.45, 7) is 4.30. The molecule has 0 fully saturated rings. The van der Waals surface area contributed by atoms with Crippen molar-refractivity contribution in [2.45, 2.75) is 62.9 Å². The molecule has 0 aliphatic heterocycles. The third-order valence-corrected chi connectivity index (χ3v) is 14.4. The Balaban J connectivity index is 0.776. The van der Waals surface area contributed by atoms with Gasteiger partial charge in [-0.3, -0.25) is 34.1 Å². The Bertz CT molecular complexity index is 3380. The third kappa shape index (κ3) is 18.4. The SMILES string of the molecule is CC(NC(=O)CCOCCOCCOCCNC(=O)OCC1c2ccccc2-c2ccccc21)C(=O)NC(C)C(=O)NC(CC(=O)NC(c1ccccc1)(c1ccccc1)c1ccccc1)C(=O)Nc1ccc(COC(=O)Oc2ccc([N+](=O)[O-])cc2)cc1. The van der Waals surface area contributed by atoms with Crippen LogP contribution in [0.3, 0.4) is 0 Å². The second kappa shape index (κ2) is 32.4. The summed E-state index contributed by atoms with van der Waals surface area (Å²) in [6.07, 6.45) is -2.24. The maximum absolute atomic E-state index is 14.6. The smallest absolute Gasteiger partial charge is 0.449 e. The molecule has 89 heavy (non-hydrogen) atoms. The molecule has 3 atom stereocenters. The number of hydrogen-bond donors (Lipinski definition) is 6. The molecule has 1 aliphatic rings. The van der Waals surface area contributed by atoms with Crippen molar-refractivity contribution in [2.24, 2.45) is 0 Å². The van der Waals surface area contributed by atoms with Gasteiger partial charge in [0.15, 0.2) is 0 Å². The summed E-state index contributed by atoms with van der Waals surface area (Å²) >= 11 is 0. The molecule has 22 heteroatoms. The molecule has 0 saturated heterocycles. The van der Waals surface area contributed by atoms with Gasteiger partial charge >= 0.3 is 12.2 Å². The van der Waals surface area contributed by atoms with Crippen LogP contribution in [0.15, 0.2) is 188 Å². The topological polar surface area (TPSA) is 290 Å². The quantitative estimate of drug-likeness (QED) is 0.00596. The zero-order valence-electron chi connectivity index (χ0n) is 49.1. The average molecular weight is 1210 g/mol. The van der Waals surface area contributed by atoms with Gasteiger partial charge in [-0.2, -0.15) is 0 Å². The van der Waals surface area contributed by atoms with E-state index in [9.17, 15) is 43.7 Å². The fourth-order valence-electron chi connectivity index (χ4n) is 9.91. The van der Waals surface area contributed by atoms with Crippen LogP contribution >= 0.6 is 0 Å². The number of carbonyl (C=O) groups is 7. The maximum Gasteiger partial charge on any atom is 0.514 e. The molecule has 7 aromatic rings. The number of nitro benzene ring substituents is 1. The molecule has 0 radical (unpaired) electrons. The van der Waals surface area contributed by atoms with Gasteiger partial charge in [-0.1, -0.05) is 152 Å². The van der Waals surface area contributed by atoms with Crippen molar-refractivity contribution in [1.82, 2.24) is 26.6 Å². The highest BCUT2D eigenvalue weighted by molar-refractivity contribution is 6.01. The van der Waals surface area contributed by atoms with Crippen LogP contribution in [0, 0.1) is 10.1 Å². The van der Waals surface area contributed by atoms with E-state index in [1.807, 2.05) is 115 Å². The number of ether oxygens (including phenoxy) is 6. The second-order valence-electron chi connectivity index (χ2n) is 20.6. The van der Waals surface area contributed by atoms with Gasteiger partial charge in [0, 0.05) is 36.7 Å². The largest absolute Gasteiger partial charge is 0.514 e. The van der Waals surface area contributed by atoms with E-state index in [-0.39, 0.29) is 88.9 Å². The van der Waals surface area contributed by atoms with Crippen molar-refractivity contribution in [2.75, 3.05) is 58.1 Å². The highest BCUT2D eigenvalue weighted by atomic mass is 16.7. The summed E-state index contributed by atoms with van der Waals surface area (Å²) in [5.41, 5.74) is 6.00. The molecule has 3 unspecified atom stereocenters. The molecule has 0 saturated carbocycles. The molecule has 22 nitrogen and oxygen atoms in total. The van der Waals surface area contributed by atoms with Crippen LogP contribution in [0.4, 0.5) is 21.0 Å². The van der Waals surface area contributed by atoms with Crippen LogP contribution < -0.4 is 36.6 Å². The van der Waals surface area contributed by atoms with Gasteiger partial charge in [0.25, 0.3) is 5.69 Å². The van der Waals surface area contributed by atoms with Crippen LogP contribution in [0.2, 0.25) is 0 Å². The van der Waals surface area contributed by atoms with Crippen LogP contribution in [0.1, 0.15) is 66.0 Å².